The number of benzene rings is 3. The summed E-state index contributed by atoms with van der Waals surface area (Å²) in [5, 5.41) is 7.11. The molecule has 0 spiro atoms. The summed E-state index contributed by atoms with van der Waals surface area (Å²) in [6.45, 7) is 11.6. The van der Waals surface area contributed by atoms with Crippen LogP contribution in [-0.2, 0) is 21.7 Å². The second kappa shape index (κ2) is 15.9. The number of hydrogen-bond acceptors (Lipinski definition) is 0. The van der Waals surface area contributed by atoms with Gasteiger partial charge < -0.3 is 24.8 Å². The van der Waals surface area contributed by atoms with Gasteiger partial charge in [0.1, 0.15) is 0 Å². The summed E-state index contributed by atoms with van der Waals surface area (Å²) in [5.41, 5.74) is 5.60. The molecule has 0 saturated heterocycles. The standard InChI is InChI=1S/C17H24P.C16H13.2ClH.Ti/c1-5-13(3)18(14(4)6-2)17-11-15-9-7-8-10-16(15)12-17;1-12-10-14-8-5-9-15(16(14)11-12)13-6-3-2-4-7-13;;;/h7-14H,5-6H2,1-4H3;2-11H,1H3;2*1H;/q2*-1;;;+4/p-2. The molecule has 0 fully saturated rings. The molecule has 0 aromatic heterocycles. The molecule has 0 amide bonds. The van der Waals surface area contributed by atoms with Gasteiger partial charge in [-0.15, -0.1) is 74.9 Å². The summed E-state index contributed by atoms with van der Waals surface area (Å²) < 4.78 is 0. The molecule has 2 unspecified atom stereocenters. The van der Waals surface area contributed by atoms with Crippen molar-refractivity contribution in [1.82, 2.24) is 0 Å². The molecule has 5 rings (SSSR count). The van der Waals surface area contributed by atoms with Crippen molar-refractivity contribution in [2.24, 2.45) is 0 Å². The van der Waals surface area contributed by atoms with E-state index in [0.29, 0.717) is 0 Å². The molecular formula is C33H37Cl2PTi. The number of hydrogen-bond donors (Lipinski definition) is 0. The van der Waals surface area contributed by atoms with Crippen molar-refractivity contribution in [3.05, 3.63) is 103 Å². The maximum absolute atomic E-state index is 2.43. The van der Waals surface area contributed by atoms with Crippen molar-refractivity contribution < 1.29 is 46.5 Å². The van der Waals surface area contributed by atoms with Crippen LogP contribution in [0, 0.1) is 6.92 Å². The maximum Gasteiger partial charge on any atom is 4.00 e. The van der Waals surface area contributed by atoms with Gasteiger partial charge in [-0.1, -0.05) is 90.6 Å². The molecule has 2 atom stereocenters. The fourth-order valence-electron chi connectivity index (χ4n) is 4.87. The zero-order valence-corrected chi connectivity index (χ0v) is 26.5. The van der Waals surface area contributed by atoms with E-state index in [4.69, 9.17) is 0 Å². The van der Waals surface area contributed by atoms with E-state index in [1.165, 1.54) is 51.1 Å². The van der Waals surface area contributed by atoms with Crippen LogP contribution in [0.2, 0.25) is 0 Å². The van der Waals surface area contributed by atoms with Gasteiger partial charge in [0.2, 0.25) is 0 Å². The average Bonchev–Trinajstić information content (AvgIpc) is 3.47. The van der Waals surface area contributed by atoms with Crippen LogP contribution in [0.25, 0.3) is 32.7 Å². The van der Waals surface area contributed by atoms with Gasteiger partial charge >= 0.3 is 21.7 Å². The Labute approximate surface area is 252 Å². The topological polar surface area (TPSA) is 0 Å². The molecule has 0 radical (unpaired) electrons. The molecule has 4 heteroatoms. The first-order chi connectivity index (χ1) is 16.5. The Morgan fingerprint density at radius 1 is 0.703 bits per heavy atom. The van der Waals surface area contributed by atoms with Gasteiger partial charge in [-0.3, -0.25) is 0 Å². The van der Waals surface area contributed by atoms with Crippen LogP contribution in [0.3, 0.4) is 0 Å². The van der Waals surface area contributed by atoms with Crippen LogP contribution in [-0.4, -0.2) is 11.3 Å². The Bertz CT molecular complexity index is 1300. The van der Waals surface area contributed by atoms with Gasteiger partial charge in [-0.2, -0.15) is 12.1 Å². The third-order valence-electron chi connectivity index (χ3n) is 7.01. The van der Waals surface area contributed by atoms with Crippen LogP contribution in [0.15, 0.2) is 97.1 Å². The SMILES string of the molecule is CCC(C)P(c1cc2ccccc2[cH-]1)C(C)CC.Cc1cc2c(-c3ccccc3)cccc2[cH-]1.[Cl-].[Cl-].[Ti+4]. The number of halogens is 2. The smallest absolute Gasteiger partial charge is 1.00 e. The van der Waals surface area contributed by atoms with Crippen molar-refractivity contribution in [2.75, 3.05) is 0 Å². The summed E-state index contributed by atoms with van der Waals surface area (Å²) in [6.07, 6.45) is 2.58. The summed E-state index contributed by atoms with van der Waals surface area (Å²) in [7, 11) is -0.0252. The zero-order chi connectivity index (χ0) is 24.1. The first-order valence-corrected chi connectivity index (χ1v) is 14.1. The third kappa shape index (κ3) is 8.05. The van der Waals surface area contributed by atoms with Gasteiger partial charge in [-0.25, -0.2) is 0 Å². The molecule has 0 saturated carbocycles. The Morgan fingerprint density at radius 2 is 1.30 bits per heavy atom. The molecule has 0 aliphatic rings. The predicted molar refractivity (Wildman–Crippen MR) is 155 cm³/mol. The summed E-state index contributed by atoms with van der Waals surface area (Å²) in [4.78, 5) is 0. The van der Waals surface area contributed by atoms with Gasteiger partial charge in [0.15, 0.2) is 0 Å². The second-order valence-corrected chi connectivity index (χ2v) is 12.6. The molecular weight excluding hydrogens is 546 g/mol. The van der Waals surface area contributed by atoms with E-state index in [-0.39, 0.29) is 54.5 Å². The van der Waals surface area contributed by atoms with Gasteiger partial charge in [0.05, 0.1) is 0 Å². The summed E-state index contributed by atoms with van der Waals surface area (Å²) in [5.74, 6) is 0. The monoisotopic (exact) mass is 582 g/mol. The van der Waals surface area contributed by atoms with E-state index in [1.54, 1.807) is 5.30 Å². The Kier molecular flexibility index (Phi) is 14.4. The fraction of sp³-hybridized carbons (Fsp3) is 0.273. The molecule has 37 heavy (non-hydrogen) atoms. The largest absolute Gasteiger partial charge is 4.00 e. The summed E-state index contributed by atoms with van der Waals surface area (Å²) in [6, 6.07) is 35.2. The first kappa shape index (κ1) is 33.6. The van der Waals surface area contributed by atoms with Crippen molar-refractivity contribution >= 4 is 34.8 Å². The van der Waals surface area contributed by atoms with Crippen LogP contribution in [0.5, 0.6) is 0 Å². The first-order valence-electron chi connectivity index (χ1n) is 12.7. The molecule has 5 aromatic carbocycles. The minimum Gasteiger partial charge on any atom is -1.00 e. The van der Waals surface area contributed by atoms with Crippen molar-refractivity contribution in [3.8, 4) is 11.1 Å². The Hall–Kier alpha value is -1.40. The number of fused-ring (bicyclic) bond motifs is 2. The van der Waals surface area contributed by atoms with E-state index in [9.17, 15) is 0 Å². The zero-order valence-electron chi connectivity index (χ0n) is 22.5. The quantitative estimate of drug-likeness (QED) is 0.162. The molecule has 0 bridgehead atoms. The minimum absolute atomic E-state index is 0. The fourth-order valence-corrected chi connectivity index (χ4v) is 8.12. The van der Waals surface area contributed by atoms with Gasteiger partial charge in [-0.05, 0) is 29.7 Å². The van der Waals surface area contributed by atoms with E-state index in [0.717, 1.165) is 11.3 Å². The third-order valence-corrected chi connectivity index (χ3v) is 10.5. The predicted octanol–water partition coefficient (Wildman–Crippen LogP) is 3.80. The van der Waals surface area contributed by atoms with E-state index in [1.807, 2.05) is 0 Å². The van der Waals surface area contributed by atoms with Crippen LogP contribution in [0.1, 0.15) is 46.1 Å². The average molecular weight is 583 g/mol. The van der Waals surface area contributed by atoms with E-state index in [2.05, 4.69) is 132 Å². The molecule has 0 aliphatic heterocycles. The van der Waals surface area contributed by atoms with Crippen molar-refractivity contribution in [1.29, 1.82) is 0 Å². The van der Waals surface area contributed by atoms with Crippen LogP contribution < -0.4 is 30.1 Å². The molecule has 5 aromatic rings. The van der Waals surface area contributed by atoms with Crippen LogP contribution >= 0.6 is 7.92 Å². The van der Waals surface area contributed by atoms with Crippen molar-refractivity contribution in [3.63, 3.8) is 0 Å². The van der Waals surface area contributed by atoms with Gasteiger partial charge in [0, 0.05) is 0 Å². The maximum atomic E-state index is 2.43. The number of aryl methyl sites for hydroxylation is 1. The molecule has 0 aliphatic carbocycles. The second-order valence-electron chi connectivity index (χ2n) is 9.47. The molecule has 0 N–H and O–H groups in total. The van der Waals surface area contributed by atoms with Crippen molar-refractivity contribution in [2.45, 2.75) is 58.8 Å². The molecule has 192 valence electrons. The molecule has 0 heterocycles. The normalized spacial score (nSPS) is 12.8. The van der Waals surface area contributed by atoms with E-state index < -0.39 is 0 Å². The summed E-state index contributed by atoms with van der Waals surface area (Å²) >= 11 is 0. The Balaban J connectivity index is 0.000000344. The van der Waals surface area contributed by atoms with Gasteiger partial charge in [0.25, 0.3) is 0 Å². The Morgan fingerprint density at radius 3 is 1.92 bits per heavy atom. The number of rotatable bonds is 6. The minimum atomic E-state index is -0.0252. The van der Waals surface area contributed by atoms with E-state index >= 15 is 0 Å². The molecule has 0 nitrogen and oxygen atoms in total. The van der Waals surface area contributed by atoms with Crippen LogP contribution in [0.4, 0.5) is 0 Å².